The number of aryl methyl sites for hydroxylation is 1. The van der Waals surface area contributed by atoms with Gasteiger partial charge in [0.2, 0.25) is 0 Å². The van der Waals surface area contributed by atoms with Crippen molar-refractivity contribution in [2.75, 3.05) is 27.7 Å². The average Bonchev–Trinajstić information content (AvgIpc) is 2.87. The maximum Gasteiger partial charge on any atom is 0.263 e. The summed E-state index contributed by atoms with van der Waals surface area (Å²) in [5.74, 6) is 0.786. The van der Waals surface area contributed by atoms with Crippen molar-refractivity contribution in [3.63, 3.8) is 0 Å². The Morgan fingerprint density at radius 3 is 2.87 bits per heavy atom. The van der Waals surface area contributed by atoms with E-state index in [1.54, 1.807) is 7.11 Å². The minimum atomic E-state index is -0.0482. The minimum absolute atomic E-state index is 0.0482. The number of aromatic nitrogens is 1. The smallest absolute Gasteiger partial charge is 0.263 e. The van der Waals surface area contributed by atoms with E-state index >= 15 is 0 Å². The lowest BCUT2D eigenvalue weighted by Crippen LogP contribution is -2.25. The Hall–Kier alpha value is -1.92. The van der Waals surface area contributed by atoms with Gasteiger partial charge < -0.3 is 15.0 Å². The maximum absolute atomic E-state index is 12.3. The summed E-state index contributed by atoms with van der Waals surface area (Å²) in [5.41, 5.74) is 1.93. The fourth-order valence-electron chi connectivity index (χ4n) is 2.23. The Morgan fingerprint density at radius 2 is 2.17 bits per heavy atom. The highest BCUT2D eigenvalue weighted by atomic mass is 32.1. The molecule has 1 amide bonds. The van der Waals surface area contributed by atoms with Crippen LogP contribution >= 0.6 is 11.3 Å². The molecule has 1 N–H and O–H groups in total. The van der Waals surface area contributed by atoms with E-state index in [0.29, 0.717) is 11.4 Å². The molecular formula is C17H23N3O2S. The van der Waals surface area contributed by atoms with Gasteiger partial charge in [0.25, 0.3) is 5.91 Å². The number of hydrogen-bond donors (Lipinski definition) is 1. The number of amides is 1. The van der Waals surface area contributed by atoms with Crippen molar-refractivity contribution in [2.24, 2.45) is 0 Å². The molecule has 0 fully saturated rings. The van der Waals surface area contributed by atoms with Gasteiger partial charge in [-0.15, -0.1) is 11.3 Å². The van der Waals surface area contributed by atoms with Gasteiger partial charge in [0, 0.05) is 13.1 Å². The molecule has 6 heteroatoms. The first-order valence-electron chi connectivity index (χ1n) is 7.51. The number of methoxy groups -OCH3 is 1. The van der Waals surface area contributed by atoms with Crippen molar-refractivity contribution in [3.8, 4) is 5.75 Å². The number of hydrogen-bond acceptors (Lipinski definition) is 5. The van der Waals surface area contributed by atoms with Crippen LogP contribution in [0, 0.1) is 6.92 Å². The summed E-state index contributed by atoms with van der Waals surface area (Å²) in [6.07, 6.45) is 0.769. The lowest BCUT2D eigenvalue weighted by Gasteiger charge is -2.06. The standard InChI is InChI=1S/C17H23N3O2S/c1-12-16(23-15(19-12)11-20(2)3)17(21)18-9-8-13-6-5-7-14(10-13)22-4/h5-7,10H,8-9,11H2,1-4H3,(H,18,21). The fourth-order valence-corrected chi connectivity index (χ4v) is 3.33. The second kappa shape index (κ2) is 8.08. The van der Waals surface area contributed by atoms with E-state index in [4.69, 9.17) is 4.74 Å². The van der Waals surface area contributed by atoms with Crippen LogP contribution in [-0.2, 0) is 13.0 Å². The van der Waals surface area contributed by atoms with E-state index in [1.807, 2.05) is 50.2 Å². The molecule has 0 aliphatic heterocycles. The highest BCUT2D eigenvalue weighted by Gasteiger charge is 2.15. The van der Waals surface area contributed by atoms with Gasteiger partial charge in [-0.1, -0.05) is 12.1 Å². The van der Waals surface area contributed by atoms with Crippen LogP contribution in [0.4, 0.5) is 0 Å². The van der Waals surface area contributed by atoms with Crippen LogP contribution in [0.1, 0.15) is 25.9 Å². The third kappa shape index (κ3) is 5.04. The quantitative estimate of drug-likeness (QED) is 0.846. The third-order valence-corrected chi connectivity index (χ3v) is 4.47. The molecule has 5 nitrogen and oxygen atoms in total. The zero-order valence-corrected chi connectivity index (χ0v) is 14.9. The summed E-state index contributed by atoms with van der Waals surface area (Å²) in [5, 5.41) is 3.93. The van der Waals surface area contributed by atoms with Gasteiger partial charge in [-0.25, -0.2) is 4.98 Å². The normalized spacial score (nSPS) is 10.8. The summed E-state index contributed by atoms with van der Waals surface area (Å²) >= 11 is 1.46. The van der Waals surface area contributed by atoms with Crippen LogP contribution in [0.25, 0.3) is 0 Å². The van der Waals surface area contributed by atoms with Gasteiger partial charge in [-0.3, -0.25) is 4.79 Å². The molecule has 1 aromatic carbocycles. The van der Waals surface area contributed by atoms with Gasteiger partial charge in [0.15, 0.2) is 0 Å². The van der Waals surface area contributed by atoms with Gasteiger partial charge >= 0.3 is 0 Å². The van der Waals surface area contributed by atoms with Crippen LogP contribution in [0.15, 0.2) is 24.3 Å². The molecule has 1 aromatic heterocycles. The highest BCUT2D eigenvalue weighted by molar-refractivity contribution is 7.13. The Morgan fingerprint density at radius 1 is 1.39 bits per heavy atom. The van der Waals surface area contributed by atoms with Crippen molar-refractivity contribution < 1.29 is 9.53 Å². The van der Waals surface area contributed by atoms with Crippen molar-refractivity contribution in [3.05, 3.63) is 45.4 Å². The molecule has 2 rings (SSSR count). The van der Waals surface area contributed by atoms with E-state index < -0.39 is 0 Å². The minimum Gasteiger partial charge on any atom is -0.497 e. The predicted molar refractivity (Wildman–Crippen MR) is 93.3 cm³/mol. The molecule has 0 aliphatic carbocycles. The Bertz CT molecular complexity index is 668. The first-order valence-corrected chi connectivity index (χ1v) is 8.33. The maximum atomic E-state index is 12.3. The lowest BCUT2D eigenvalue weighted by molar-refractivity contribution is 0.0957. The Labute approximate surface area is 141 Å². The van der Waals surface area contributed by atoms with E-state index in [-0.39, 0.29) is 5.91 Å². The molecule has 0 saturated heterocycles. The molecule has 0 unspecified atom stereocenters. The number of benzene rings is 1. The Kier molecular flexibility index (Phi) is 6.12. The topological polar surface area (TPSA) is 54.5 Å². The van der Waals surface area contributed by atoms with Gasteiger partial charge in [-0.2, -0.15) is 0 Å². The lowest BCUT2D eigenvalue weighted by atomic mass is 10.1. The average molecular weight is 333 g/mol. The van der Waals surface area contributed by atoms with Crippen LogP contribution in [0.5, 0.6) is 5.75 Å². The molecule has 0 spiro atoms. The van der Waals surface area contributed by atoms with E-state index in [1.165, 1.54) is 11.3 Å². The number of rotatable bonds is 7. The largest absolute Gasteiger partial charge is 0.497 e. The summed E-state index contributed by atoms with van der Waals surface area (Å²) in [7, 11) is 5.63. The van der Waals surface area contributed by atoms with E-state index in [0.717, 1.165) is 35.0 Å². The van der Waals surface area contributed by atoms with Gasteiger partial charge in [0.1, 0.15) is 15.6 Å². The first kappa shape index (κ1) is 17.4. The SMILES string of the molecule is COc1cccc(CCNC(=O)c2sc(CN(C)C)nc2C)c1. The molecule has 0 radical (unpaired) electrons. The molecule has 0 aliphatic rings. The number of thiazole rings is 1. The number of carbonyl (C=O) groups is 1. The summed E-state index contributed by atoms with van der Waals surface area (Å²) < 4.78 is 5.20. The van der Waals surface area contributed by atoms with Crippen molar-refractivity contribution >= 4 is 17.2 Å². The van der Waals surface area contributed by atoms with Crippen molar-refractivity contribution in [1.29, 1.82) is 0 Å². The molecule has 0 saturated carbocycles. The van der Waals surface area contributed by atoms with Crippen LogP contribution in [-0.4, -0.2) is 43.5 Å². The monoisotopic (exact) mass is 333 g/mol. The molecule has 1 heterocycles. The second-order valence-corrected chi connectivity index (χ2v) is 6.70. The summed E-state index contributed by atoms with van der Waals surface area (Å²) in [6, 6.07) is 7.88. The first-order chi connectivity index (χ1) is 11.0. The summed E-state index contributed by atoms with van der Waals surface area (Å²) in [6.45, 7) is 3.22. The van der Waals surface area contributed by atoms with Crippen LogP contribution in [0.3, 0.4) is 0 Å². The van der Waals surface area contributed by atoms with Crippen LogP contribution in [0.2, 0.25) is 0 Å². The van der Waals surface area contributed by atoms with E-state index in [2.05, 4.69) is 10.3 Å². The molecule has 23 heavy (non-hydrogen) atoms. The Balaban J connectivity index is 1.90. The number of ether oxygens (including phenoxy) is 1. The van der Waals surface area contributed by atoms with Crippen molar-refractivity contribution in [1.82, 2.24) is 15.2 Å². The summed E-state index contributed by atoms with van der Waals surface area (Å²) in [4.78, 5) is 19.5. The molecular weight excluding hydrogens is 310 g/mol. The number of carbonyl (C=O) groups excluding carboxylic acids is 1. The second-order valence-electron chi connectivity index (χ2n) is 5.62. The van der Waals surface area contributed by atoms with Crippen LogP contribution < -0.4 is 10.1 Å². The predicted octanol–water partition coefficient (Wildman–Crippen LogP) is 2.49. The van der Waals surface area contributed by atoms with E-state index in [9.17, 15) is 4.79 Å². The zero-order chi connectivity index (χ0) is 16.8. The van der Waals surface area contributed by atoms with Crippen molar-refractivity contribution in [2.45, 2.75) is 19.9 Å². The number of nitrogens with one attached hydrogen (secondary N) is 1. The highest BCUT2D eigenvalue weighted by Crippen LogP contribution is 2.19. The zero-order valence-electron chi connectivity index (χ0n) is 14.0. The van der Waals surface area contributed by atoms with Gasteiger partial charge in [0.05, 0.1) is 12.8 Å². The fraction of sp³-hybridized carbons (Fsp3) is 0.412. The molecule has 0 atom stereocenters. The molecule has 0 bridgehead atoms. The molecule has 124 valence electrons. The number of nitrogens with zero attached hydrogens (tertiary/aromatic N) is 2. The van der Waals surface area contributed by atoms with Gasteiger partial charge in [-0.05, 0) is 45.1 Å². The third-order valence-electron chi connectivity index (χ3n) is 3.33. The molecule has 2 aromatic rings.